The molecule has 6 nitrogen and oxygen atoms in total. The highest BCUT2D eigenvalue weighted by Crippen LogP contribution is 2.25. The molecule has 104 valence electrons. The lowest BCUT2D eigenvalue weighted by molar-refractivity contribution is -0.142. The molecule has 1 aromatic carbocycles. The van der Waals surface area contributed by atoms with Crippen LogP contribution in [0.4, 0.5) is 0 Å². The normalized spacial score (nSPS) is 11.9. The van der Waals surface area contributed by atoms with Crippen molar-refractivity contribution in [3.8, 4) is 17.1 Å². The van der Waals surface area contributed by atoms with Gasteiger partial charge in [-0.05, 0) is 30.2 Å². The van der Waals surface area contributed by atoms with E-state index in [1.807, 2.05) is 0 Å². The molecule has 2 aromatic rings. The van der Waals surface area contributed by atoms with Crippen molar-refractivity contribution in [3.05, 3.63) is 42.2 Å². The molecule has 0 unspecified atom stereocenters. The van der Waals surface area contributed by atoms with E-state index in [1.54, 1.807) is 30.6 Å². The predicted octanol–water partition coefficient (Wildman–Crippen LogP) is 0.892. The third-order valence-corrected chi connectivity index (χ3v) is 2.84. The van der Waals surface area contributed by atoms with Gasteiger partial charge in [-0.3, -0.25) is 4.79 Å². The summed E-state index contributed by atoms with van der Waals surface area (Å²) >= 11 is 0. The number of ether oxygens (including phenoxy) is 1. The Bertz CT molecular complexity index is 602. The third-order valence-electron chi connectivity index (χ3n) is 2.84. The fraction of sp³-hybridized carbons (Fsp3) is 0.214. The maximum atomic E-state index is 11.4. The minimum atomic E-state index is -0.771. The van der Waals surface area contributed by atoms with Gasteiger partial charge in [-0.1, -0.05) is 6.07 Å². The highest BCUT2D eigenvalue weighted by molar-refractivity contribution is 5.76. The van der Waals surface area contributed by atoms with Crippen molar-refractivity contribution in [2.45, 2.75) is 12.5 Å². The average Bonchev–Trinajstić information content (AvgIpc) is 2.49. The highest BCUT2D eigenvalue weighted by Gasteiger charge is 2.18. The maximum absolute atomic E-state index is 11.4. The van der Waals surface area contributed by atoms with E-state index in [0.29, 0.717) is 11.4 Å². The van der Waals surface area contributed by atoms with Gasteiger partial charge in [0, 0.05) is 18.0 Å². The number of phenolic OH excluding ortho intramolecular Hbond substituents is 1. The zero-order valence-corrected chi connectivity index (χ0v) is 11.0. The van der Waals surface area contributed by atoms with E-state index in [2.05, 4.69) is 14.7 Å². The van der Waals surface area contributed by atoms with Gasteiger partial charge in [0.05, 0.1) is 7.11 Å². The molecular weight excluding hydrogens is 258 g/mol. The topological polar surface area (TPSA) is 98.3 Å². The molecule has 0 aliphatic heterocycles. The summed E-state index contributed by atoms with van der Waals surface area (Å²) in [4.78, 5) is 19.7. The zero-order valence-electron chi connectivity index (χ0n) is 11.0. The molecule has 6 heteroatoms. The van der Waals surface area contributed by atoms with E-state index in [1.165, 1.54) is 13.2 Å². The minimum absolute atomic E-state index is 0.0999. The van der Waals surface area contributed by atoms with Crippen molar-refractivity contribution in [1.82, 2.24) is 9.97 Å². The summed E-state index contributed by atoms with van der Waals surface area (Å²) < 4.78 is 4.61. The molecular formula is C14H15N3O3. The first-order valence-electron chi connectivity index (χ1n) is 6.04. The second-order valence-electron chi connectivity index (χ2n) is 4.25. The lowest BCUT2D eigenvalue weighted by atomic mass is 9.99. The number of methoxy groups -OCH3 is 1. The number of benzene rings is 1. The highest BCUT2D eigenvalue weighted by atomic mass is 16.5. The van der Waals surface area contributed by atoms with Crippen LogP contribution in [0.15, 0.2) is 36.7 Å². The molecule has 0 bridgehead atoms. The number of phenols is 1. The van der Waals surface area contributed by atoms with E-state index in [4.69, 9.17) is 5.73 Å². The Labute approximate surface area is 116 Å². The van der Waals surface area contributed by atoms with Gasteiger partial charge in [0.25, 0.3) is 0 Å². The van der Waals surface area contributed by atoms with Crippen molar-refractivity contribution in [2.75, 3.05) is 7.11 Å². The van der Waals surface area contributed by atoms with E-state index in [-0.39, 0.29) is 12.2 Å². The Morgan fingerprint density at radius 2 is 2.10 bits per heavy atom. The first-order chi connectivity index (χ1) is 9.61. The molecule has 0 spiro atoms. The Morgan fingerprint density at radius 1 is 1.40 bits per heavy atom. The summed E-state index contributed by atoms with van der Waals surface area (Å²) in [5.41, 5.74) is 7.18. The lowest BCUT2D eigenvalue weighted by Crippen LogP contribution is -2.33. The van der Waals surface area contributed by atoms with Gasteiger partial charge in [-0.2, -0.15) is 0 Å². The van der Waals surface area contributed by atoms with Crippen LogP contribution >= 0.6 is 0 Å². The van der Waals surface area contributed by atoms with Gasteiger partial charge in [0.1, 0.15) is 11.8 Å². The summed E-state index contributed by atoms with van der Waals surface area (Å²) in [6.45, 7) is 0. The summed E-state index contributed by atoms with van der Waals surface area (Å²) in [5, 5.41) is 9.61. The molecule has 0 amide bonds. The van der Waals surface area contributed by atoms with Crippen molar-refractivity contribution in [2.24, 2.45) is 5.73 Å². The van der Waals surface area contributed by atoms with Crippen LogP contribution in [-0.4, -0.2) is 34.2 Å². The standard InChI is InChI=1S/C14H15N3O3/c1-20-14(19)12(15)7-9-3-4-10(18)8-11(9)13-16-5-2-6-17-13/h2-6,8,12,18H,7,15H2,1H3/t12-/m0/s1. The Kier molecular flexibility index (Phi) is 4.27. The monoisotopic (exact) mass is 273 g/mol. The van der Waals surface area contributed by atoms with Gasteiger partial charge in [-0.15, -0.1) is 0 Å². The summed E-state index contributed by atoms with van der Waals surface area (Å²) in [6.07, 6.45) is 3.49. The molecule has 2 rings (SSSR count). The minimum Gasteiger partial charge on any atom is -0.508 e. The number of carbonyl (C=O) groups is 1. The van der Waals surface area contributed by atoms with E-state index in [0.717, 1.165) is 5.56 Å². The molecule has 0 fully saturated rings. The zero-order chi connectivity index (χ0) is 14.5. The molecule has 0 aliphatic carbocycles. The SMILES string of the molecule is COC(=O)[C@@H](N)Cc1ccc(O)cc1-c1ncccn1. The second-order valence-corrected chi connectivity index (χ2v) is 4.25. The smallest absolute Gasteiger partial charge is 0.322 e. The fourth-order valence-corrected chi connectivity index (χ4v) is 1.86. The molecule has 1 atom stereocenters. The van der Waals surface area contributed by atoms with Gasteiger partial charge >= 0.3 is 5.97 Å². The first-order valence-corrected chi connectivity index (χ1v) is 6.04. The second kappa shape index (κ2) is 6.12. The molecule has 0 saturated carbocycles. The average molecular weight is 273 g/mol. The quantitative estimate of drug-likeness (QED) is 0.803. The largest absolute Gasteiger partial charge is 0.508 e. The summed E-state index contributed by atoms with van der Waals surface area (Å²) in [5.74, 6) is 0.0799. The predicted molar refractivity (Wildman–Crippen MR) is 72.8 cm³/mol. The van der Waals surface area contributed by atoms with Crippen LogP contribution in [0.3, 0.4) is 0 Å². The van der Waals surface area contributed by atoms with Crippen molar-refractivity contribution >= 4 is 5.97 Å². The molecule has 1 heterocycles. The Hall–Kier alpha value is -2.47. The number of aromatic hydroxyl groups is 1. The summed E-state index contributed by atoms with van der Waals surface area (Å²) in [7, 11) is 1.29. The van der Waals surface area contributed by atoms with Crippen molar-refractivity contribution < 1.29 is 14.6 Å². The number of carbonyl (C=O) groups excluding carboxylic acids is 1. The van der Waals surface area contributed by atoms with Crippen molar-refractivity contribution in [1.29, 1.82) is 0 Å². The van der Waals surface area contributed by atoms with Crippen molar-refractivity contribution in [3.63, 3.8) is 0 Å². The summed E-state index contributed by atoms with van der Waals surface area (Å²) in [6, 6.07) is 5.71. The van der Waals surface area contributed by atoms with Crippen LogP contribution in [0.5, 0.6) is 5.75 Å². The van der Waals surface area contributed by atoms with Crippen LogP contribution < -0.4 is 5.73 Å². The van der Waals surface area contributed by atoms with E-state index < -0.39 is 12.0 Å². The molecule has 1 aromatic heterocycles. The molecule has 20 heavy (non-hydrogen) atoms. The number of nitrogens with zero attached hydrogens (tertiary/aromatic N) is 2. The van der Waals surface area contributed by atoms with Crippen LogP contribution in [0.1, 0.15) is 5.56 Å². The number of hydrogen-bond donors (Lipinski definition) is 2. The molecule has 0 aliphatic rings. The van der Waals surface area contributed by atoms with Gasteiger partial charge in [0.2, 0.25) is 0 Å². The van der Waals surface area contributed by atoms with E-state index in [9.17, 15) is 9.90 Å². The van der Waals surface area contributed by atoms with Gasteiger partial charge < -0.3 is 15.6 Å². The number of aromatic nitrogens is 2. The Balaban J connectivity index is 2.36. The maximum Gasteiger partial charge on any atom is 0.322 e. The van der Waals surface area contributed by atoms with Crippen LogP contribution in [0, 0.1) is 0 Å². The number of rotatable bonds is 4. The number of esters is 1. The first kappa shape index (κ1) is 14.0. The fourth-order valence-electron chi connectivity index (χ4n) is 1.86. The van der Waals surface area contributed by atoms with Crippen LogP contribution in [0.2, 0.25) is 0 Å². The van der Waals surface area contributed by atoms with Crippen LogP contribution in [0.25, 0.3) is 11.4 Å². The van der Waals surface area contributed by atoms with Gasteiger partial charge in [0.15, 0.2) is 5.82 Å². The Morgan fingerprint density at radius 3 is 2.75 bits per heavy atom. The lowest BCUT2D eigenvalue weighted by Gasteiger charge is -2.13. The molecule has 0 radical (unpaired) electrons. The van der Waals surface area contributed by atoms with Gasteiger partial charge in [-0.25, -0.2) is 9.97 Å². The molecule has 3 N–H and O–H groups in total. The van der Waals surface area contributed by atoms with Crippen LogP contribution in [-0.2, 0) is 16.0 Å². The molecule has 0 saturated heterocycles. The third kappa shape index (κ3) is 3.10. The number of nitrogens with two attached hydrogens (primary N) is 1. The number of hydrogen-bond acceptors (Lipinski definition) is 6. The van der Waals surface area contributed by atoms with E-state index >= 15 is 0 Å².